The first-order chi connectivity index (χ1) is 11.9. The van der Waals surface area contributed by atoms with E-state index in [1.807, 2.05) is 6.07 Å². The van der Waals surface area contributed by atoms with E-state index in [1.165, 1.54) is 33.3 Å². The molecular weight excluding hydrogens is 322 g/mol. The minimum Gasteiger partial charge on any atom is -0.479 e. The summed E-state index contributed by atoms with van der Waals surface area (Å²) in [6, 6.07) is 5.30. The van der Waals surface area contributed by atoms with Crippen LogP contribution in [0.4, 0.5) is 5.69 Å². The third-order valence-electron chi connectivity index (χ3n) is 5.00. The first kappa shape index (κ1) is 17.4. The van der Waals surface area contributed by atoms with Gasteiger partial charge < -0.3 is 20.1 Å². The molecule has 0 aliphatic heterocycles. The number of aromatic nitrogens is 2. The number of H-pyrrole nitrogens is 1. The highest BCUT2D eigenvalue weighted by atomic mass is 16.5. The number of nitrogens with zero attached hydrogens (tertiary/aromatic N) is 1. The molecule has 1 saturated carbocycles. The van der Waals surface area contributed by atoms with Crippen LogP contribution in [0.25, 0.3) is 11.0 Å². The average molecular weight is 345 g/mol. The average Bonchev–Trinajstić information content (AvgIpc) is 3.04. The number of carboxylic acids is 1. The van der Waals surface area contributed by atoms with Crippen molar-refractivity contribution in [2.45, 2.75) is 50.5 Å². The molecule has 7 heteroatoms. The molecule has 0 saturated heterocycles. The zero-order valence-corrected chi connectivity index (χ0v) is 14.5. The monoisotopic (exact) mass is 345 g/mol. The van der Waals surface area contributed by atoms with Crippen LogP contribution in [0.1, 0.15) is 50.8 Å². The van der Waals surface area contributed by atoms with Crippen LogP contribution < -0.4 is 5.32 Å². The fraction of sp³-hybridized carbons (Fsp3) is 0.500. The van der Waals surface area contributed by atoms with Crippen LogP contribution in [-0.4, -0.2) is 39.7 Å². The van der Waals surface area contributed by atoms with E-state index in [-0.39, 0.29) is 0 Å². The number of hydrogen-bond acceptors (Lipinski definition) is 4. The number of carboxylic acid groups (broad SMARTS) is 1. The number of benzene rings is 1. The van der Waals surface area contributed by atoms with E-state index in [0.29, 0.717) is 11.6 Å². The summed E-state index contributed by atoms with van der Waals surface area (Å²) in [4.78, 5) is 31.5. The first-order valence-electron chi connectivity index (χ1n) is 8.53. The summed E-state index contributed by atoms with van der Waals surface area (Å²) in [6.45, 7) is 1.22. The predicted octanol–water partition coefficient (Wildman–Crippen LogP) is 3.04. The van der Waals surface area contributed by atoms with Crippen molar-refractivity contribution in [2.24, 2.45) is 0 Å². The molecule has 0 radical (unpaired) electrons. The Hall–Kier alpha value is -2.41. The molecule has 25 heavy (non-hydrogen) atoms. The number of nitrogens with one attached hydrogen (secondary N) is 2. The lowest BCUT2D eigenvalue weighted by molar-refractivity contribution is -0.165. The Labute approximate surface area is 145 Å². The van der Waals surface area contributed by atoms with Gasteiger partial charge >= 0.3 is 5.97 Å². The van der Waals surface area contributed by atoms with Crippen molar-refractivity contribution in [2.75, 3.05) is 12.4 Å². The lowest BCUT2D eigenvalue weighted by Gasteiger charge is -2.21. The Morgan fingerprint density at radius 3 is 2.68 bits per heavy atom. The molecule has 1 aromatic heterocycles. The molecule has 1 amide bonds. The fourth-order valence-electron chi connectivity index (χ4n) is 3.20. The van der Waals surface area contributed by atoms with Gasteiger partial charge in [-0.2, -0.15) is 0 Å². The highest BCUT2D eigenvalue weighted by Crippen LogP contribution is 2.32. The van der Waals surface area contributed by atoms with Crippen LogP contribution in [0.2, 0.25) is 0 Å². The summed E-state index contributed by atoms with van der Waals surface area (Å²) in [7, 11) is 1.20. The minimum absolute atomic E-state index is 0.461. The molecule has 1 atom stereocenters. The zero-order valence-electron chi connectivity index (χ0n) is 14.5. The van der Waals surface area contributed by atoms with Crippen LogP contribution in [0.3, 0.4) is 0 Å². The van der Waals surface area contributed by atoms with Crippen LogP contribution in [-0.2, 0) is 14.3 Å². The van der Waals surface area contributed by atoms with Gasteiger partial charge in [-0.1, -0.05) is 19.3 Å². The molecular formula is C18H23N3O4. The molecule has 0 spiro atoms. The number of hydrogen-bond donors (Lipinski definition) is 3. The van der Waals surface area contributed by atoms with Gasteiger partial charge in [0.05, 0.1) is 11.0 Å². The van der Waals surface area contributed by atoms with Crippen molar-refractivity contribution in [3.8, 4) is 0 Å². The highest BCUT2D eigenvalue weighted by molar-refractivity contribution is 6.11. The third-order valence-corrected chi connectivity index (χ3v) is 5.00. The van der Waals surface area contributed by atoms with Gasteiger partial charge in [-0.25, -0.2) is 9.78 Å². The van der Waals surface area contributed by atoms with Gasteiger partial charge in [0, 0.05) is 18.7 Å². The Bertz CT molecular complexity index is 795. The van der Waals surface area contributed by atoms with E-state index in [0.717, 1.165) is 29.7 Å². The summed E-state index contributed by atoms with van der Waals surface area (Å²) in [6.07, 6.45) is 6.04. The smallest absolute Gasteiger partial charge is 0.345 e. The number of carbonyl (C=O) groups excluding carboxylic acids is 1. The molecule has 3 rings (SSSR count). The number of imidazole rings is 1. The Morgan fingerprint density at radius 2 is 2.04 bits per heavy atom. The molecule has 1 unspecified atom stereocenters. The molecule has 7 nitrogen and oxygen atoms in total. The van der Waals surface area contributed by atoms with Gasteiger partial charge in [0.25, 0.3) is 5.91 Å². The number of anilines is 1. The van der Waals surface area contributed by atoms with Gasteiger partial charge in [-0.15, -0.1) is 0 Å². The molecule has 1 heterocycles. The molecule has 1 aliphatic carbocycles. The second-order valence-electron chi connectivity index (χ2n) is 6.69. The number of methoxy groups -OCH3 is 1. The Balaban J connectivity index is 1.81. The van der Waals surface area contributed by atoms with Gasteiger partial charge in [-0.05, 0) is 38.0 Å². The molecule has 1 fully saturated rings. The summed E-state index contributed by atoms with van der Waals surface area (Å²) in [5.41, 5.74) is 0.232. The highest BCUT2D eigenvalue weighted by Gasteiger charge is 2.41. The van der Waals surface area contributed by atoms with E-state index >= 15 is 0 Å². The molecule has 1 aliphatic rings. The van der Waals surface area contributed by atoms with Gasteiger partial charge in [0.2, 0.25) is 5.60 Å². The number of carbonyl (C=O) groups is 2. The normalized spacial score (nSPS) is 18.0. The maximum absolute atomic E-state index is 12.3. The van der Waals surface area contributed by atoms with Crippen molar-refractivity contribution >= 4 is 28.6 Å². The van der Waals surface area contributed by atoms with Crippen molar-refractivity contribution in [3.05, 3.63) is 24.0 Å². The standard InChI is InChI=1S/C18H23N3O4/c1-18(25-2,17(23)24)16(22)19-12-8-9-13-14(10-12)21-15(20-13)11-6-4-3-5-7-11/h8-11H,3-7H2,1-2H3,(H,19,22)(H,20,21)(H,23,24). The lowest BCUT2D eigenvalue weighted by Crippen LogP contribution is -2.48. The topological polar surface area (TPSA) is 104 Å². The van der Waals surface area contributed by atoms with Crippen LogP contribution in [0, 0.1) is 0 Å². The fourth-order valence-corrected chi connectivity index (χ4v) is 3.20. The zero-order chi connectivity index (χ0) is 18.0. The molecule has 1 aromatic carbocycles. The Morgan fingerprint density at radius 1 is 1.32 bits per heavy atom. The van der Waals surface area contributed by atoms with Crippen molar-refractivity contribution in [3.63, 3.8) is 0 Å². The largest absolute Gasteiger partial charge is 0.479 e. The van der Waals surface area contributed by atoms with E-state index in [4.69, 9.17) is 4.74 Å². The molecule has 0 bridgehead atoms. The van der Waals surface area contributed by atoms with E-state index in [1.54, 1.807) is 12.1 Å². The Kier molecular flexibility index (Phi) is 4.76. The van der Waals surface area contributed by atoms with E-state index in [9.17, 15) is 14.7 Å². The number of ether oxygens (including phenoxy) is 1. The van der Waals surface area contributed by atoms with Gasteiger partial charge in [0.15, 0.2) is 0 Å². The van der Waals surface area contributed by atoms with E-state index < -0.39 is 17.5 Å². The third kappa shape index (κ3) is 3.37. The number of aliphatic carboxylic acids is 1. The summed E-state index contributed by atoms with van der Waals surface area (Å²) < 4.78 is 4.87. The minimum atomic E-state index is -1.93. The molecule has 2 aromatic rings. The summed E-state index contributed by atoms with van der Waals surface area (Å²) in [5, 5.41) is 11.8. The van der Waals surface area contributed by atoms with Crippen LogP contribution in [0.5, 0.6) is 0 Å². The maximum Gasteiger partial charge on any atom is 0.345 e. The predicted molar refractivity (Wildman–Crippen MR) is 93.6 cm³/mol. The molecule has 3 N–H and O–H groups in total. The number of aromatic amines is 1. The SMILES string of the molecule is COC(C)(C(=O)O)C(=O)Nc1ccc2nc(C3CCCCC3)[nH]c2c1. The second kappa shape index (κ2) is 6.84. The van der Waals surface area contributed by atoms with Gasteiger partial charge in [-0.3, -0.25) is 4.79 Å². The van der Waals surface area contributed by atoms with Crippen molar-refractivity contribution in [1.82, 2.24) is 9.97 Å². The lowest BCUT2D eigenvalue weighted by atomic mass is 9.89. The first-order valence-corrected chi connectivity index (χ1v) is 8.53. The van der Waals surface area contributed by atoms with Crippen LogP contribution in [0.15, 0.2) is 18.2 Å². The number of amides is 1. The number of rotatable bonds is 5. The second-order valence-corrected chi connectivity index (χ2v) is 6.69. The summed E-state index contributed by atoms with van der Waals surface area (Å²) >= 11 is 0. The summed E-state index contributed by atoms with van der Waals surface area (Å²) in [5.74, 6) is -0.614. The van der Waals surface area contributed by atoms with E-state index in [2.05, 4.69) is 15.3 Å². The number of fused-ring (bicyclic) bond motifs is 1. The van der Waals surface area contributed by atoms with Gasteiger partial charge in [0.1, 0.15) is 5.82 Å². The van der Waals surface area contributed by atoms with Crippen molar-refractivity contribution < 1.29 is 19.4 Å². The van der Waals surface area contributed by atoms with Crippen molar-refractivity contribution in [1.29, 1.82) is 0 Å². The molecule has 134 valence electrons. The van der Waals surface area contributed by atoms with Crippen LogP contribution >= 0.6 is 0 Å². The quantitative estimate of drug-likeness (QED) is 0.723. The maximum atomic E-state index is 12.3.